The molecule has 0 spiro atoms. The first-order chi connectivity index (χ1) is 9.72. The summed E-state index contributed by atoms with van der Waals surface area (Å²) in [6, 6.07) is 5.65. The Morgan fingerprint density at radius 1 is 1.20 bits per heavy atom. The Balaban J connectivity index is 2.01. The lowest BCUT2D eigenvalue weighted by Gasteiger charge is -2.07. The van der Waals surface area contributed by atoms with Gasteiger partial charge in [0.05, 0.1) is 26.2 Å². The number of nitrogens with one attached hydrogen (secondary N) is 1. The number of hydrogen-bond donors (Lipinski definition) is 2. The number of rotatable bonds is 10. The number of carbonyl (C=O) groups is 1. The quantitative estimate of drug-likeness (QED) is 0.632. The molecule has 1 aromatic carbocycles. The minimum Gasteiger partial charge on any atom is -0.493 e. The zero-order chi connectivity index (χ0) is 14.6. The minimum absolute atomic E-state index is 0.00703. The molecule has 1 aromatic rings. The molecule has 6 heteroatoms. The average Bonchev–Trinajstić information content (AvgIpc) is 2.45. The summed E-state index contributed by atoms with van der Waals surface area (Å²) in [5.41, 5.74) is 0. The molecule has 1 rings (SSSR count). The van der Waals surface area contributed by atoms with Crippen LogP contribution in [0.2, 0.25) is 0 Å². The van der Waals surface area contributed by atoms with Crippen LogP contribution in [-0.2, 0) is 9.53 Å². The van der Waals surface area contributed by atoms with E-state index in [1.165, 1.54) is 24.3 Å². The smallest absolute Gasteiger partial charge is 0.223 e. The van der Waals surface area contributed by atoms with Crippen LogP contribution in [0.1, 0.15) is 12.8 Å². The van der Waals surface area contributed by atoms with Gasteiger partial charge in [-0.1, -0.05) is 0 Å². The third kappa shape index (κ3) is 7.70. The Morgan fingerprint density at radius 3 is 2.65 bits per heavy atom. The van der Waals surface area contributed by atoms with Gasteiger partial charge in [-0.15, -0.1) is 0 Å². The first-order valence-corrected chi connectivity index (χ1v) is 6.56. The van der Waals surface area contributed by atoms with Crippen molar-refractivity contribution in [1.29, 1.82) is 0 Å². The maximum absolute atomic E-state index is 12.6. The summed E-state index contributed by atoms with van der Waals surface area (Å²) in [7, 11) is 0. The van der Waals surface area contributed by atoms with Crippen molar-refractivity contribution in [3.8, 4) is 5.75 Å². The van der Waals surface area contributed by atoms with Crippen LogP contribution in [0.15, 0.2) is 24.3 Å². The third-order valence-electron chi connectivity index (χ3n) is 2.43. The first-order valence-electron chi connectivity index (χ1n) is 6.56. The van der Waals surface area contributed by atoms with E-state index in [1.807, 2.05) is 0 Å². The first kappa shape index (κ1) is 16.4. The number of aliphatic hydroxyl groups is 1. The molecule has 0 heterocycles. The van der Waals surface area contributed by atoms with E-state index in [0.717, 1.165) is 0 Å². The van der Waals surface area contributed by atoms with Crippen LogP contribution in [-0.4, -0.2) is 44.0 Å². The second-order valence-corrected chi connectivity index (χ2v) is 4.09. The van der Waals surface area contributed by atoms with Crippen LogP contribution in [0.25, 0.3) is 0 Å². The zero-order valence-electron chi connectivity index (χ0n) is 11.3. The second kappa shape index (κ2) is 10.2. The standard InChI is InChI=1S/C14H20FNO4/c15-12-2-4-13(5-3-12)20-10-6-14(18)16-7-1-9-19-11-8-17/h2-5,17H,1,6-11H2,(H,16,18). The lowest BCUT2D eigenvalue weighted by atomic mass is 10.3. The number of benzene rings is 1. The van der Waals surface area contributed by atoms with E-state index in [0.29, 0.717) is 31.9 Å². The van der Waals surface area contributed by atoms with E-state index in [-0.39, 0.29) is 31.4 Å². The van der Waals surface area contributed by atoms with Crippen molar-refractivity contribution in [2.45, 2.75) is 12.8 Å². The van der Waals surface area contributed by atoms with Crippen LogP contribution in [0, 0.1) is 5.82 Å². The van der Waals surface area contributed by atoms with Crippen molar-refractivity contribution in [2.24, 2.45) is 0 Å². The molecule has 0 aliphatic heterocycles. The van der Waals surface area contributed by atoms with Gasteiger partial charge in [0, 0.05) is 13.2 Å². The van der Waals surface area contributed by atoms with Gasteiger partial charge in [0.25, 0.3) is 0 Å². The molecule has 0 aliphatic carbocycles. The molecule has 0 bridgehead atoms. The molecule has 20 heavy (non-hydrogen) atoms. The number of halogens is 1. The van der Waals surface area contributed by atoms with Crippen LogP contribution in [0.4, 0.5) is 4.39 Å². The molecule has 0 aliphatic rings. The van der Waals surface area contributed by atoms with Crippen molar-refractivity contribution in [3.63, 3.8) is 0 Å². The molecule has 112 valence electrons. The topological polar surface area (TPSA) is 67.8 Å². The van der Waals surface area contributed by atoms with Crippen LogP contribution in [0.3, 0.4) is 0 Å². The summed E-state index contributed by atoms with van der Waals surface area (Å²) < 4.78 is 23.0. The molecule has 2 N–H and O–H groups in total. The number of ether oxygens (including phenoxy) is 2. The van der Waals surface area contributed by atoms with E-state index < -0.39 is 0 Å². The summed E-state index contributed by atoms with van der Waals surface area (Å²) in [5, 5.41) is 11.2. The molecule has 0 saturated heterocycles. The number of aliphatic hydroxyl groups excluding tert-OH is 1. The van der Waals surface area contributed by atoms with E-state index in [4.69, 9.17) is 14.6 Å². The number of hydrogen-bond acceptors (Lipinski definition) is 4. The van der Waals surface area contributed by atoms with Gasteiger partial charge in [0.1, 0.15) is 11.6 Å². The van der Waals surface area contributed by atoms with E-state index >= 15 is 0 Å². The van der Waals surface area contributed by atoms with E-state index in [9.17, 15) is 9.18 Å². The summed E-state index contributed by atoms with van der Waals surface area (Å²) in [6.07, 6.45) is 0.944. The predicted octanol–water partition coefficient (Wildman–Crippen LogP) is 1.11. The highest BCUT2D eigenvalue weighted by molar-refractivity contribution is 5.75. The lowest BCUT2D eigenvalue weighted by molar-refractivity contribution is -0.121. The molecule has 0 aromatic heterocycles. The summed E-state index contributed by atoms with van der Waals surface area (Å²) >= 11 is 0. The second-order valence-electron chi connectivity index (χ2n) is 4.09. The molecule has 5 nitrogen and oxygen atoms in total. The van der Waals surface area contributed by atoms with Gasteiger partial charge in [-0.25, -0.2) is 4.39 Å². The fourth-order valence-corrected chi connectivity index (χ4v) is 1.45. The minimum atomic E-state index is -0.321. The van der Waals surface area contributed by atoms with Crippen molar-refractivity contribution in [3.05, 3.63) is 30.1 Å². The van der Waals surface area contributed by atoms with Crippen LogP contribution >= 0.6 is 0 Å². The number of amides is 1. The Kier molecular flexibility index (Phi) is 8.33. The Morgan fingerprint density at radius 2 is 1.95 bits per heavy atom. The molecular weight excluding hydrogens is 265 g/mol. The molecular formula is C14H20FNO4. The summed E-state index contributed by atoms with van der Waals surface area (Å²) in [5.74, 6) is 0.115. The van der Waals surface area contributed by atoms with Gasteiger partial charge in [-0.2, -0.15) is 0 Å². The van der Waals surface area contributed by atoms with Crippen molar-refractivity contribution < 1.29 is 23.8 Å². The maximum atomic E-state index is 12.6. The van der Waals surface area contributed by atoms with Crippen molar-refractivity contribution in [2.75, 3.05) is 33.0 Å². The fraction of sp³-hybridized carbons (Fsp3) is 0.500. The Bertz CT molecular complexity index is 383. The highest BCUT2D eigenvalue weighted by Gasteiger charge is 2.01. The van der Waals surface area contributed by atoms with Gasteiger partial charge in [0.2, 0.25) is 5.91 Å². The molecule has 0 radical (unpaired) electrons. The van der Waals surface area contributed by atoms with Gasteiger partial charge in [-0.05, 0) is 30.7 Å². The van der Waals surface area contributed by atoms with Gasteiger partial charge in [-0.3, -0.25) is 4.79 Å². The molecule has 0 saturated carbocycles. The molecule has 0 atom stereocenters. The normalized spacial score (nSPS) is 10.3. The van der Waals surface area contributed by atoms with Crippen LogP contribution < -0.4 is 10.1 Å². The van der Waals surface area contributed by atoms with Gasteiger partial charge in [0.15, 0.2) is 0 Å². The average molecular weight is 285 g/mol. The highest BCUT2D eigenvalue weighted by Crippen LogP contribution is 2.10. The largest absolute Gasteiger partial charge is 0.493 e. The number of carbonyl (C=O) groups excluding carboxylic acids is 1. The fourth-order valence-electron chi connectivity index (χ4n) is 1.45. The third-order valence-corrected chi connectivity index (χ3v) is 2.43. The van der Waals surface area contributed by atoms with Gasteiger partial charge >= 0.3 is 0 Å². The SMILES string of the molecule is O=C(CCOc1ccc(F)cc1)NCCCOCCO. The summed E-state index contributed by atoms with van der Waals surface area (Å²) in [4.78, 5) is 11.4. The molecule has 0 fully saturated rings. The lowest BCUT2D eigenvalue weighted by Crippen LogP contribution is -2.26. The predicted molar refractivity (Wildman–Crippen MR) is 72.0 cm³/mol. The monoisotopic (exact) mass is 285 g/mol. The van der Waals surface area contributed by atoms with Gasteiger partial charge < -0.3 is 19.9 Å². The highest BCUT2D eigenvalue weighted by atomic mass is 19.1. The van der Waals surface area contributed by atoms with Crippen molar-refractivity contribution >= 4 is 5.91 Å². The van der Waals surface area contributed by atoms with Crippen molar-refractivity contribution in [1.82, 2.24) is 5.32 Å². The maximum Gasteiger partial charge on any atom is 0.223 e. The van der Waals surface area contributed by atoms with Crippen LogP contribution in [0.5, 0.6) is 5.75 Å². The Hall–Kier alpha value is -1.66. The Labute approximate surface area is 117 Å². The van der Waals surface area contributed by atoms with E-state index in [2.05, 4.69) is 5.32 Å². The molecule has 0 unspecified atom stereocenters. The summed E-state index contributed by atoms with van der Waals surface area (Å²) in [6.45, 7) is 1.61. The van der Waals surface area contributed by atoms with E-state index in [1.54, 1.807) is 0 Å². The molecule has 1 amide bonds. The zero-order valence-corrected chi connectivity index (χ0v) is 11.3.